The van der Waals surface area contributed by atoms with Gasteiger partial charge in [-0.2, -0.15) is 0 Å². The van der Waals surface area contributed by atoms with E-state index in [0.717, 1.165) is 37.3 Å². The largest absolute Gasteiger partial charge is 0.379 e. The van der Waals surface area contributed by atoms with Crippen LogP contribution in [0.1, 0.15) is 5.56 Å². The molecule has 0 spiro atoms. The molecule has 1 saturated heterocycles. The lowest BCUT2D eigenvalue weighted by atomic mass is 10.2. The number of rotatable bonds is 3. The lowest BCUT2D eigenvalue weighted by Crippen LogP contribution is -2.45. The maximum atomic E-state index is 5.28. The Morgan fingerprint density at radius 1 is 1.33 bits per heavy atom. The van der Waals surface area contributed by atoms with Crippen LogP contribution in [0.2, 0.25) is 0 Å². The quantitative estimate of drug-likeness (QED) is 0.907. The van der Waals surface area contributed by atoms with Crippen LogP contribution in [-0.2, 0) is 11.3 Å². The normalized spacial score (nSPS) is 17.9. The van der Waals surface area contributed by atoms with E-state index in [9.17, 15) is 0 Å². The van der Waals surface area contributed by atoms with E-state index in [4.69, 9.17) is 4.74 Å². The highest BCUT2D eigenvalue weighted by molar-refractivity contribution is 9.10. The highest BCUT2D eigenvalue weighted by Crippen LogP contribution is 2.11. The number of halogens is 1. The molecule has 0 bridgehead atoms. The predicted octanol–water partition coefficient (Wildman–Crippen LogP) is 1.79. The number of ether oxygens (including phenoxy) is 1. The molecule has 2 rings (SSSR count). The minimum atomic E-state index is 0.825. The summed E-state index contributed by atoms with van der Waals surface area (Å²) in [5.74, 6) is 0. The van der Waals surface area contributed by atoms with E-state index in [1.54, 1.807) is 0 Å². The van der Waals surface area contributed by atoms with Gasteiger partial charge in [-0.15, -0.1) is 0 Å². The van der Waals surface area contributed by atoms with E-state index in [-0.39, 0.29) is 0 Å². The van der Waals surface area contributed by atoms with Gasteiger partial charge >= 0.3 is 0 Å². The van der Waals surface area contributed by atoms with Crippen molar-refractivity contribution >= 4 is 15.9 Å². The van der Waals surface area contributed by atoms with E-state index >= 15 is 0 Å². The van der Waals surface area contributed by atoms with Crippen molar-refractivity contribution in [2.75, 3.05) is 26.3 Å². The Kier molecular flexibility index (Phi) is 4.14. The number of nitrogens with zero attached hydrogens (tertiary/aromatic N) is 1. The first-order chi connectivity index (χ1) is 7.34. The summed E-state index contributed by atoms with van der Waals surface area (Å²) < 4.78 is 6.41. The number of hydrogen-bond acceptors (Lipinski definition) is 3. The summed E-state index contributed by atoms with van der Waals surface area (Å²) in [5, 5.41) is 2.21. The molecular formula is C11H15BrN2O. The van der Waals surface area contributed by atoms with Gasteiger partial charge in [0, 0.05) is 24.1 Å². The molecule has 1 fully saturated rings. The molecule has 0 radical (unpaired) electrons. The number of benzene rings is 1. The van der Waals surface area contributed by atoms with Gasteiger partial charge in [-0.3, -0.25) is 5.43 Å². The molecule has 15 heavy (non-hydrogen) atoms. The van der Waals surface area contributed by atoms with Crippen LogP contribution in [0, 0.1) is 0 Å². The van der Waals surface area contributed by atoms with Gasteiger partial charge in [-0.25, -0.2) is 5.01 Å². The van der Waals surface area contributed by atoms with Crippen molar-refractivity contribution in [2.24, 2.45) is 0 Å². The summed E-state index contributed by atoms with van der Waals surface area (Å²) in [6.45, 7) is 4.46. The summed E-state index contributed by atoms with van der Waals surface area (Å²) in [4.78, 5) is 0. The SMILES string of the molecule is Brc1cccc(CNN2CCOCC2)c1. The summed E-state index contributed by atoms with van der Waals surface area (Å²) in [7, 11) is 0. The molecule has 0 atom stereocenters. The van der Waals surface area contributed by atoms with Gasteiger partial charge in [0.05, 0.1) is 13.2 Å². The van der Waals surface area contributed by atoms with E-state index in [1.807, 2.05) is 6.07 Å². The van der Waals surface area contributed by atoms with E-state index in [0.29, 0.717) is 0 Å². The second-order valence-electron chi connectivity index (χ2n) is 3.56. The molecular weight excluding hydrogens is 256 g/mol. The molecule has 0 aliphatic carbocycles. The summed E-state index contributed by atoms with van der Waals surface area (Å²) in [5.41, 5.74) is 4.69. The molecule has 1 aliphatic heterocycles. The third kappa shape index (κ3) is 3.57. The Hall–Kier alpha value is -0.420. The van der Waals surface area contributed by atoms with Gasteiger partial charge in [0.1, 0.15) is 0 Å². The molecule has 1 heterocycles. The van der Waals surface area contributed by atoms with Gasteiger partial charge < -0.3 is 4.74 Å². The molecule has 82 valence electrons. The molecule has 1 aromatic carbocycles. The Labute approximate surface area is 98.5 Å². The first-order valence-corrected chi connectivity index (χ1v) is 5.94. The van der Waals surface area contributed by atoms with Crippen LogP contribution in [-0.4, -0.2) is 31.3 Å². The molecule has 1 aromatic rings. The zero-order valence-electron chi connectivity index (χ0n) is 8.58. The van der Waals surface area contributed by atoms with Gasteiger partial charge in [-0.1, -0.05) is 28.1 Å². The van der Waals surface area contributed by atoms with Crippen LogP contribution in [0.5, 0.6) is 0 Å². The van der Waals surface area contributed by atoms with Crippen molar-refractivity contribution in [1.29, 1.82) is 0 Å². The predicted molar refractivity (Wildman–Crippen MR) is 63.4 cm³/mol. The van der Waals surface area contributed by atoms with Crippen molar-refractivity contribution < 1.29 is 4.74 Å². The van der Waals surface area contributed by atoms with Gasteiger partial charge in [-0.05, 0) is 17.7 Å². The van der Waals surface area contributed by atoms with Crippen LogP contribution >= 0.6 is 15.9 Å². The van der Waals surface area contributed by atoms with Crippen molar-refractivity contribution in [3.05, 3.63) is 34.3 Å². The Bertz CT molecular complexity index is 313. The number of morpholine rings is 1. The molecule has 1 N–H and O–H groups in total. The lowest BCUT2D eigenvalue weighted by Gasteiger charge is -2.27. The van der Waals surface area contributed by atoms with Crippen molar-refractivity contribution in [3.63, 3.8) is 0 Å². The first kappa shape index (κ1) is 11.1. The fourth-order valence-electron chi connectivity index (χ4n) is 1.57. The van der Waals surface area contributed by atoms with Crippen molar-refractivity contribution in [3.8, 4) is 0 Å². The van der Waals surface area contributed by atoms with Crippen LogP contribution in [0.15, 0.2) is 28.7 Å². The molecule has 0 unspecified atom stereocenters. The zero-order chi connectivity index (χ0) is 10.5. The average Bonchev–Trinajstić information content (AvgIpc) is 2.28. The van der Waals surface area contributed by atoms with Gasteiger partial charge in [0.25, 0.3) is 0 Å². The first-order valence-electron chi connectivity index (χ1n) is 5.15. The monoisotopic (exact) mass is 270 g/mol. The standard InChI is InChI=1S/C11H15BrN2O/c12-11-3-1-2-10(8-11)9-13-14-4-6-15-7-5-14/h1-3,8,13H,4-7,9H2. The summed E-state index contributed by atoms with van der Waals surface area (Å²) in [6, 6.07) is 8.35. The number of nitrogens with one attached hydrogen (secondary N) is 1. The van der Waals surface area contributed by atoms with Crippen LogP contribution < -0.4 is 5.43 Å². The van der Waals surface area contributed by atoms with E-state index < -0.39 is 0 Å². The highest BCUT2D eigenvalue weighted by atomic mass is 79.9. The van der Waals surface area contributed by atoms with E-state index in [1.165, 1.54) is 5.56 Å². The Balaban J connectivity index is 1.81. The summed E-state index contributed by atoms with van der Waals surface area (Å²) >= 11 is 3.47. The van der Waals surface area contributed by atoms with Gasteiger partial charge in [0.15, 0.2) is 0 Å². The second-order valence-corrected chi connectivity index (χ2v) is 4.48. The summed E-state index contributed by atoms with van der Waals surface area (Å²) in [6.07, 6.45) is 0. The minimum absolute atomic E-state index is 0.825. The smallest absolute Gasteiger partial charge is 0.0608 e. The molecule has 0 aromatic heterocycles. The van der Waals surface area contributed by atoms with Crippen LogP contribution in [0.3, 0.4) is 0 Å². The van der Waals surface area contributed by atoms with Crippen LogP contribution in [0.25, 0.3) is 0 Å². The number of hydrogen-bond donors (Lipinski definition) is 1. The average molecular weight is 271 g/mol. The maximum Gasteiger partial charge on any atom is 0.0608 e. The van der Waals surface area contributed by atoms with E-state index in [2.05, 4.69) is 44.6 Å². The minimum Gasteiger partial charge on any atom is -0.379 e. The Morgan fingerprint density at radius 2 is 2.13 bits per heavy atom. The maximum absolute atomic E-state index is 5.28. The second kappa shape index (κ2) is 5.61. The molecule has 4 heteroatoms. The third-order valence-corrected chi connectivity index (χ3v) is 2.90. The van der Waals surface area contributed by atoms with Gasteiger partial charge in [0.2, 0.25) is 0 Å². The third-order valence-electron chi connectivity index (χ3n) is 2.41. The fraction of sp³-hybridized carbons (Fsp3) is 0.455. The Morgan fingerprint density at radius 3 is 2.87 bits per heavy atom. The van der Waals surface area contributed by atoms with Crippen molar-refractivity contribution in [2.45, 2.75) is 6.54 Å². The van der Waals surface area contributed by atoms with Crippen LogP contribution in [0.4, 0.5) is 0 Å². The highest BCUT2D eigenvalue weighted by Gasteiger charge is 2.08. The zero-order valence-corrected chi connectivity index (χ0v) is 10.2. The molecule has 1 aliphatic rings. The fourth-order valence-corrected chi connectivity index (χ4v) is 2.02. The molecule has 3 nitrogen and oxygen atoms in total. The molecule has 0 amide bonds. The van der Waals surface area contributed by atoms with Crippen molar-refractivity contribution in [1.82, 2.24) is 10.4 Å². The lowest BCUT2D eigenvalue weighted by molar-refractivity contribution is 0.0106. The molecule has 0 saturated carbocycles. The number of hydrazine groups is 1. The topological polar surface area (TPSA) is 24.5 Å².